The van der Waals surface area contributed by atoms with Crippen molar-refractivity contribution in [2.75, 3.05) is 0 Å². The molecule has 0 amide bonds. The smallest absolute Gasteiger partial charge is 0.267 e. The van der Waals surface area contributed by atoms with Gasteiger partial charge in [0.25, 0.3) is 5.56 Å². The lowest BCUT2D eigenvalue weighted by Crippen LogP contribution is -2.38. The Morgan fingerprint density at radius 3 is 2.84 bits per heavy atom. The van der Waals surface area contributed by atoms with Gasteiger partial charge in [-0.2, -0.15) is 5.10 Å². The van der Waals surface area contributed by atoms with Crippen molar-refractivity contribution < 1.29 is 0 Å². The number of nitrogens with one attached hydrogen (secondary N) is 1. The monoisotopic (exact) mass is 338 g/mol. The van der Waals surface area contributed by atoms with Gasteiger partial charge in [0.15, 0.2) is 0 Å². The zero-order valence-electron chi connectivity index (χ0n) is 14.8. The second-order valence-electron chi connectivity index (χ2n) is 7.43. The molecule has 2 aliphatic rings. The lowest BCUT2D eigenvalue weighted by molar-refractivity contribution is 0.258. The quantitative estimate of drug-likeness (QED) is 0.931. The number of rotatable bonds is 4. The molecule has 1 unspecified atom stereocenters. The molecule has 5 heteroatoms. The first-order chi connectivity index (χ1) is 12.2. The van der Waals surface area contributed by atoms with Crippen LogP contribution >= 0.6 is 0 Å². The van der Waals surface area contributed by atoms with Crippen LogP contribution in [0.4, 0.5) is 0 Å². The first kappa shape index (κ1) is 16.5. The van der Waals surface area contributed by atoms with Gasteiger partial charge < -0.3 is 5.32 Å². The Morgan fingerprint density at radius 2 is 2.08 bits per heavy atom. The Bertz CT molecular complexity index is 778. The average Bonchev–Trinajstić information content (AvgIpc) is 3.09. The molecule has 1 fully saturated rings. The summed E-state index contributed by atoms with van der Waals surface area (Å²) >= 11 is 0. The summed E-state index contributed by atoms with van der Waals surface area (Å²) in [6.45, 7) is 2.19. The van der Waals surface area contributed by atoms with Gasteiger partial charge in [0.2, 0.25) is 0 Å². The molecule has 2 aromatic rings. The number of aryl methyl sites for hydroxylation is 2. The zero-order valence-corrected chi connectivity index (χ0v) is 14.8. The Hall–Kier alpha value is -2.01. The fraction of sp³-hybridized carbons (Fsp3) is 0.550. The molecule has 0 radical (unpaired) electrons. The summed E-state index contributed by atoms with van der Waals surface area (Å²) in [5, 5.41) is 8.40. The van der Waals surface area contributed by atoms with Crippen LogP contribution in [0.25, 0.3) is 0 Å². The Kier molecular flexibility index (Phi) is 4.66. The lowest BCUT2D eigenvalue weighted by atomic mass is 9.90. The van der Waals surface area contributed by atoms with E-state index in [0.717, 1.165) is 50.6 Å². The van der Waals surface area contributed by atoms with E-state index in [1.807, 2.05) is 24.5 Å². The fourth-order valence-electron chi connectivity index (χ4n) is 4.25. The third-order valence-corrected chi connectivity index (χ3v) is 5.70. The van der Waals surface area contributed by atoms with Gasteiger partial charge in [-0.05, 0) is 69.1 Å². The number of hydrogen-bond donors (Lipinski definition) is 1. The van der Waals surface area contributed by atoms with Crippen molar-refractivity contribution in [1.29, 1.82) is 0 Å². The summed E-state index contributed by atoms with van der Waals surface area (Å²) in [7, 11) is 0. The van der Waals surface area contributed by atoms with Gasteiger partial charge in [-0.1, -0.05) is 6.07 Å². The topological polar surface area (TPSA) is 59.8 Å². The highest BCUT2D eigenvalue weighted by molar-refractivity contribution is 5.22. The Balaban J connectivity index is 1.38. The van der Waals surface area contributed by atoms with Crippen LogP contribution in [0.3, 0.4) is 0 Å². The van der Waals surface area contributed by atoms with Crippen molar-refractivity contribution in [3.8, 4) is 0 Å². The molecule has 1 N–H and O–H groups in total. The number of hydrogen-bond acceptors (Lipinski definition) is 4. The minimum atomic E-state index is 0.0841. The minimum Gasteiger partial charge on any atom is -0.307 e. The van der Waals surface area contributed by atoms with Crippen molar-refractivity contribution >= 4 is 0 Å². The van der Waals surface area contributed by atoms with Gasteiger partial charge in [0, 0.05) is 30.5 Å². The second-order valence-corrected chi connectivity index (χ2v) is 7.43. The van der Waals surface area contributed by atoms with Gasteiger partial charge in [0.05, 0.1) is 11.7 Å². The van der Waals surface area contributed by atoms with Gasteiger partial charge in [-0.15, -0.1) is 0 Å². The van der Waals surface area contributed by atoms with Crippen LogP contribution in [0.5, 0.6) is 0 Å². The molecule has 0 aliphatic heterocycles. The molecule has 25 heavy (non-hydrogen) atoms. The SMILES string of the molecule is CC(NC1CCC(n2nc3c(cc2=O)CCC3)CC1)c1cccnc1. The molecular weight excluding hydrogens is 312 g/mol. The van der Waals surface area contributed by atoms with E-state index < -0.39 is 0 Å². The largest absolute Gasteiger partial charge is 0.307 e. The highest BCUT2D eigenvalue weighted by Crippen LogP contribution is 2.29. The maximum atomic E-state index is 12.4. The second kappa shape index (κ2) is 7.08. The Labute approximate surface area is 148 Å². The average molecular weight is 338 g/mol. The van der Waals surface area contributed by atoms with E-state index >= 15 is 0 Å². The Morgan fingerprint density at radius 1 is 1.24 bits per heavy atom. The van der Waals surface area contributed by atoms with Crippen LogP contribution < -0.4 is 10.9 Å². The molecule has 0 spiro atoms. The summed E-state index contributed by atoms with van der Waals surface area (Å²) in [5.41, 5.74) is 3.62. The van der Waals surface area contributed by atoms with Gasteiger partial charge >= 0.3 is 0 Å². The van der Waals surface area contributed by atoms with E-state index in [4.69, 9.17) is 0 Å². The molecule has 132 valence electrons. The molecule has 1 atom stereocenters. The lowest BCUT2D eigenvalue weighted by Gasteiger charge is -2.31. The first-order valence-corrected chi connectivity index (χ1v) is 9.48. The number of pyridine rings is 1. The van der Waals surface area contributed by atoms with Crippen molar-refractivity contribution in [3.63, 3.8) is 0 Å². The van der Waals surface area contributed by atoms with E-state index in [-0.39, 0.29) is 11.6 Å². The fourth-order valence-corrected chi connectivity index (χ4v) is 4.25. The summed E-state index contributed by atoms with van der Waals surface area (Å²) in [4.78, 5) is 16.6. The van der Waals surface area contributed by atoms with Crippen molar-refractivity contribution in [2.24, 2.45) is 0 Å². The molecule has 5 nitrogen and oxygen atoms in total. The summed E-state index contributed by atoms with van der Waals surface area (Å²) < 4.78 is 1.77. The molecule has 1 saturated carbocycles. The third kappa shape index (κ3) is 3.52. The molecule has 2 heterocycles. The maximum absolute atomic E-state index is 12.4. The van der Waals surface area contributed by atoms with E-state index in [2.05, 4.69) is 28.4 Å². The highest BCUT2D eigenvalue weighted by atomic mass is 16.1. The van der Waals surface area contributed by atoms with Gasteiger partial charge in [0.1, 0.15) is 0 Å². The maximum Gasteiger partial charge on any atom is 0.267 e. The molecule has 2 aromatic heterocycles. The normalized spacial score (nSPS) is 24.0. The standard InChI is InChI=1S/C20H26N4O/c1-14(16-5-3-11-21-13-16)22-17-7-9-18(10-8-17)24-20(25)12-15-4-2-6-19(15)23-24/h3,5,11-14,17-18,22H,2,4,6-10H2,1H3. The third-order valence-electron chi connectivity index (χ3n) is 5.70. The van der Waals surface area contributed by atoms with Crippen molar-refractivity contribution in [1.82, 2.24) is 20.1 Å². The molecular formula is C20H26N4O. The first-order valence-electron chi connectivity index (χ1n) is 9.48. The molecule has 4 rings (SSSR count). The van der Waals surface area contributed by atoms with Crippen molar-refractivity contribution in [3.05, 3.63) is 57.8 Å². The molecule has 2 aliphatic carbocycles. The van der Waals surface area contributed by atoms with Gasteiger partial charge in [-0.3, -0.25) is 9.78 Å². The van der Waals surface area contributed by atoms with Gasteiger partial charge in [-0.25, -0.2) is 4.68 Å². The molecule has 0 saturated heterocycles. The van der Waals surface area contributed by atoms with E-state index in [9.17, 15) is 4.79 Å². The van der Waals surface area contributed by atoms with Crippen LogP contribution in [0.1, 0.15) is 67.9 Å². The van der Waals surface area contributed by atoms with Crippen LogP contribution in [-0.2, 0) is 12.8 Å². The zero-order chi connectivity index (χ0) is 17.2. The van der Waals surface area contributed by atoms with Crippen LogP contribution in [-0.4, -0.2) is 20.8 Å². The number of fused-ring (bicyclic) bond motifs is 1. The van der Waals surface area contributed by atoms with E-state index in [1.54, 1.807) is 4.68 Å². The van der Waals surface area contributed by atoms with E-state index in [1.165, 1.54) is 11.1 Å². The van der Waals surface area contributed by atoms with Crippen molar-refractivity contribution in [2.45, 2.75) is 70.0 Å². The molecule has 0 aromatic carbocycles. The number of aromatic nitrogens is 3. The predicted molar refractivity (Wildman–Crippen MR) is 97.6 cm³/mol. The summed E-state index contributed by atoms with van der Waals surface area (Å²) in [6.07, 6.45) is 11.1. The van der Waals surface area contributed by atoms with Crippen LogP contribution in [0.2, 0.25) is 0 Å². The highest BCUT2D eigenvalue weighted by Gasteiger charge is 2.26. The van der Waals surface area contributed by atoms with Crippen LogP contribution in [0, 0.1) is 0 Å². The predicted octanol–water partition coefficient (Wildman–Crippen LogP) is 2.96. The summed E-state index contributed by atoms with van der Waals surface area (Å²) in [5.74, 6) is 0. The number of nitrogens with zero attached hydrogens (tertiary/aromatic N) is 3. The van der Waals surface area contributed by atoms with E-state index in [0.29, 0.717) is 12.1 Å². The molecule has 0 bridgehead atoms. The summed E-state index contributed by atoms with van der Waals surface area (Å²) in [6, 6.07) is 6.97. The van der Waals surface area contributed by atoms with Crippen LogP contribution in [0.15, 0.2) is 35.4 Å². The minimum absolute atomic E-state index is 0.0841.